The topological polar surface area (TPSA) is 157 Å². The molecule has 28 heavy (non-hydrogen) atoms. The first kappa shape index (κ1) is 19.9. The first-order chi connectivity index (χ1) is 13.2. The van der Waals surface area contributed by atoms with Crippen LogP contribution in [0.4, 0.5) is 0 Å². The van der Waals surface area contributed by atoms with Gasteiger partial charge in [-0.15, -0.1) is 0 Å². The van der Waals surface area contributed by atoms with Crippen LogP contribution in [0.25, 0.3) is 0 Å². The molecule has 0 bridgehead atoms. The smallest absolute Gasteiger partial charge is 0.229 e. The maximum atomic E-state index is 12.8. The van der Waals surface area contributed by atoms with Crippen LogP contribution in [0.2, 0.25) is 0 Å². The third-order valence-corrected chi connectivity index (χ3v) is 4.47. The molecular formula is C19H20O9. The molecule has 5 atom stereocenters. The Kier molecular flexibility index (Phi) is 5.43. The molecule has 3 rings (SSSR count). The quantitative estimate of drug-likeness (QED) is 0.401. The minimum Gasteiger partial charge on any atom is -0.508 e. The predicted octanol–water partition coefficient (Wildman–Crippen LogP) is 0.241. The predicted molar refractivity (Wildman–Crippen MR) is 94.3 cm³/mol. The Balaban J connectivity index is 1.97. The average Bonchev–Trinajstić information content (AvgIpc) is 2.64. The molecule has 9 heteroatoms. The first-order valence-corrected chi connectivity index (χ1v) is 8.45. The molecular weight excluding hydrogens is 372 g/mol. The van der Waals surface area contributed by atoms with Gasteiger partial charge in [0.1, 0.15) is 46.9 Å². The highest BCUT2D eigenvalue weighted by Gasteiger charge is 2.43. The third-order valence-electron chi connectivity index (χ3n) is 4.47. The van der Waals surface area contributed by atoms with Crippen molar-refractivity contribution in [2.45, 2.75) is 37.6 Å². The van der Waals surface area contributed by atoms with Gasteiger partial charge in [-0.25, -0.2) is 0 Å². The van der Waals surface area contributed by atoms with Crippen molar-refractivity contribution in [3.8, 4) is 23.0 Å². The zero-order chi connectivity index (χ0) is 20.6. The second-order valence-electron chi connectivity index (χ2n) is 6.51. The Labute approximate surface area is 159 Å². The standard InChI is InChI=1S/C19H20O9/c1-8-15(23)17(25)18(26)19(27-8)28-13-7-11(21)6-12(22)14(13)16(24)9-2-4-10(20)5-3-9/h2-8,15,17-23,25-26H,1H3/t8-,15-,17+,18+,19+/m1/s1. The Morgan fingerprint density at radius 2 is 1.57 bits per heavy atom. The monoisotopic (exact) mass is 392 g/mol. The van der Waals surface area contributed by atoms with E-state index in [0.717, 1.165) is 12.1 Å². The molecule has 6 N–H and O–H groups in total. The molecule has 9 nitrogen and oxygen atoms in total. The Bertz CT molecular complexity index is 864. The summed E-state index contributed by atoms with van der Waals surface area (Å²) >= 11 is 0. The van der Waals surface area contributed by atoms with E-state index >= 15 is 0 Å². The van der Waals surface area contributed by atoms with Crippen LogP contribution in [0.15, 0.2) is 36.4 Å². The number of carbonyl (C=O) groups is 1. The Morgan fingerprint density at radius 3 is 2.21 bits per heavy atom. The van der Waals surface area contributed by atoms with Gasteiger partial charge in [-0.2, -0.15) is 0 Å². The van der Waals surface area contributed by atoms with Crippen molar-refractivity contribution < 1.29 is 44.9 Å². The molecule has 1 saturated heterocycles. The van der Waals surface area contributed by atoms with Crippen molar-refractivity contribution in [1.82, 2.24) is 0 Å². The van der Waals surface area contributed by atoms with E-state index in [4.69, 9.17) is 9.47 Å². The lowest BCUT2D eigenvalue weighted by molar-refractivity contribution is -0.268. The molecule has 2 aromatic rings. The molecule has 1 fully saturated rings. The zero-order valence-corrected chi connectivity index (χ0v) is 14.8. The molecule has 0 spiro atoms. The van der Waals surface area contributed by atoms with Gasteiger partial charge in [0.25, 0.3) is 0 Å². The van der Waals surface area contributed by atoms with Crippen LogP contribution in [-0.2, 0) is 4.74 Å². The lowest BCUT2D eigenvalue weighted by Gasteiger charge is -2.39. The highest BCUT2D eigenvalue weighted by molar-refractivity contribution is 6.12. The van der Waals surface area contributed by atoms with Crippen molar-refractivity contribution in [3.63, 3.8) is 0 Å². The SMILES string of the molecule is C[C@H]1O[C@@H](Oc2cc(O)cc(O)c2C(=O)c2ccc(O)cc2)[C@@H](O)[C@@H](O)[C@@H]1O. The minimum absolute atomic E-state index is 0.0526. The Hall–Kier alpha value is -2.85. The van der Waals surface area contributed by atoms with Gasteiger partial charge in [0.05, 0.1) is 6.10 Å². The van der Waals surface area contributed by atoms with Gasteiger partial charge in [-0.1, -0.05) is 0 Å². The van der Waals surface area contributed by atoms with Crippen LogP contribution >= 0.6 is 0 Å². The molecule has 0 radical (unpaired) electrons. The number of aliphatic hydroxyl groups is 3. The van der Waals surface area contributed by atoms with Crippen molar-refractivity contribution in [3.05, 3.63) is 47.5 Å². The van der Waals surface area contributed by atoms with Crippen molar-refractivity contribution >= 4 is 5.78 Å². The lowest BCUT2D eigenvalue weighted by Crippen LogP contribution is -2.58. The van der Waals surface area contributed by atoms with E-state index < -0.39 is 48.0 Å². The fourth-order valence-electron chi connectivity index (χ4n) is 2.90. The van der Waals surface area contributed by atoms with Crippen molar-refractivity contribution in [1.29, 1.82) is 0 Å². The normalized spacial score (nSPS) is 27.4. The van der Waals surface area contributed by atoms with Crippen LogP contribution in [-0.4, -0.2) is 67.1 Å². The number of aliphatic hydroxyl groups excluding tert-OH is 3. The van der Waals surface area contributed by atoms with Crippen molar-refractivity contribution in [2.75, 3.05) is 0 Å². The summed E-state index contributed by atoms with van der Waals surface area (Å²) in [4.78, 5) is 12.8. The second-order valence-corrected chi connectivity index (χ2v) is 6.51. The number of ether oxygens (including phenoxy) is 2. The number of hydrogen-bond acceptors (Lipinski definition) is 9. The van der Waals surface area contributed by atoms with E-state index in [0.29, 0.717) is 0 Å². The van der Waals surface area contributed by atoms with Gasteiger partial charge in [-0.05, 0) is 31.2 Å². The number of aromatic hydroxyl groups is 3. The number of benzene rings is 2. The van der Waals surface area contributed by atoms with E-state index in [-0.39, 0.29) is 22.6 Å². The molecule has 1 aliphatic heterocycles. The van der Waals surface area contributed by atoms with E-state index in [1.807, 2.05) is 0 Å². The number of carbonyl (C=O) groups excluding carboxylic acids is 1. The highest BCUT2D eigenvalue weighted by Crippen LogP contribution is 2.36. The van der Waals surface area contributed by atoms with E-state index in [1.165, 1.54) is 31.2 Å². The summed E-state index contributed by atoms with van der Waals surface area (Å²) in [5, 5.41) is 59.1. The molecule has 0 amide bonds. The van der Waals surface area contributed by atoms with Crippen LogP contribution in [0, 0.1) is 0 Å². The summed E-state index contributed by atoms with van der Waals surface area (Å²) in [5.41, 5.74) is -0.190. The van der Waals surface area contributed by atoms with Gasteiger partial charge < -0.3 is 40.1 Å². The van der Waals surface area contributed by atoms with E-state index in [9.17, 15) is 35.4 Å². The lowest BCUT2D eigenvalue weighted by atomic mass is 9.99. The van der Waals surface area contributed by atoms with Crippen molar-refractivity contribution in [2.24, 2.45) is 0 Å². The largest absolute Gasteiger partial charge is 0.508 e. The Morgan fingerprint density at radius 1 is 0.929 bits per heavy atom. The maximum absolute atomic E-state index is 12.8. The summed E-state index contributed by atoms with van der Waals surface area (Å²) in [5.74, 6) is -2.01. The number of phenolic OH excluding ortho intramolecular Hbond substituents is 3. The molecule has 2 aromatic carbocycles. The number of phenols is 3. The van der Waals surface area contributed by atoms with Gasteiger partial charge in [-0.3, -0.25) is 4.79 Å². The molecule has 0 aromatic heterocycles. The molecule has 150 valence electrons. The first-order valence-electron chi connectivity index (χ1n) is 8.45. The van der Waals surface area contributed by atoms with Crippen LogP contribution in [0.3, 0.4) is 0 Å². The summed E-state index contributed by atoms with van der Waals surface area (Å²) in [6, 6.07) is 7.24. The van der Waals surface area contributed by atoms with Crippen LogP contribution in [0.5, 0.6) is 23.0 Å². The molecule has 1 aliphatic rings. The summed E-state index contributed by atoms with van der Waals surface area (Å²) < 4.78 is 10.8. The van der Waals surface area contributed by atoms with Crippen LogP contribution in [0.1, 0.15) is 22.8 Å². The van der Waals surface area contributed by atoms with E-state index in [1.54, 1.807) is 0 Å². The zero-order valence-electron chi connectivity index (χ0n) is 14.8. The van der Waals surface area contributed by atoms with Gasteiger partial charge in [0.2, 0.25) is 12.1 Å². The third kappa shape index (κ3) is 3.73. The molecule has 0 aliphatic carbocycles. The number of rotatable bonds is 4. The molecule has 0 unspecified atom stereocenters. The number of hydrogen-bond donors (Lipinski definition) is 6. The highest BCUT2D eigenvalue weighted by atomic mass is 16.7. The number of ketones is 1. The van der Waals surface area contributed by atoms with E-state index in [2.05, 4.69) is 0 Å². The van der Waals surface area contributed by atoms with Crippen LogP contribution < -0.4 is 4.74 Å². The second kappa shape index (κ2) is 7.64. The van der Waals surface area contributed by atoms with Gasteiger partial charge >= 0.3 is 0 Å². The fourth-order valence-corrected chi connectivity index (χ4v) is 2.90. The van der Waals surface area contributed by atoms with Gasteiger partial charge in [0.15, 0.2) is 0 Å². The van der Waals surface area contributed by atoms with Gasteiger partial charge in [0, 0.05) is 17.7 Å². The minimum atomic E-state index is -1.65. The molecule has 0 saturated carbocycles. The average molecular weight is 392 g/mol. The summed E-state index contributed by atoms with van der Waals surface area (Å²) in [6.45, 7) is 1.46. The summed E-state index contributed by atoms with van der Waals surface area (Å²) in [7, 11) is 0. The maximum Gasteiger partial charge on any atom is 0.229 e. The summed E-state index contributed by atoms with van der Waals surface area (Å²) in [6.07, 6.45) is -6.90. The molecule has 1 heterocycles. The fraction of sp³-hybridized carbons (Fsp3) is 0.316.